The highest BCUT2D eigenvalue weighted by Gasteiger charge is 2.15. The van der Waals surface area contributed by atoms with Crippen LogP contribution in [0.5, 0.6) is 0 Å². The predicted octanol–water partition coefficient (Wildman–Crippen LogP) is 4.28. The Morgan fingerprint density at radius 1 is 0.973 bits per heavy atom. The first-order valence-electron chi connectivity index (χ1n) is 12.1. The molecule has 0 unspecified atom stereocenters. The van der Waals surface area contributed by atoms with Gasteiger partial charge in [0.25, 0.3) is 0 Å². The van der Waals surface area contributed by atoms with Gasteiger partial charge in [0.05, 0.1) is 10.4 Å². The normalized spacial score (nSPS) is 13.3. The Balaban J connectivity index is 1.28. The van der Waals surface area contributed by atoms with Gasteiger partial charge in [0.1, 0.15) is 5.52 Å². The summed E-state index contributed by atoms with van der Waals surface area (Å²) in [5.74, 6) is 0.341. The summed E-state index contributed by atoms with van der Waals surface area (Å²) in [5, 5.41) is 14.9. The Kier molecular flexibility index (Phi) is 7.02. The molecule has 0 amide bonds. The Morgan fingerprint density at radius 2 is 1.81 bits per heavy atom. The van der Waals surface area contributed by atoms with E-state index in [1.165, 1.54) is 0 Å². The number of anilines is 3. The number of benzene rings is 3. The number of hydrogen-bond acceptors (Lipinski definition) is 8. The molecule has 0 fully saturated rings. The summed E-state index contributed by atoms with van der Waals surface area (Å²) in [6.45, 7) is 3.92. The zero-order valence-corrected chi connectivity index (χ0v) is 21.6. The summed E-state index contributed by atoms with van der Waals surface area (Å²) >= 11 is 0. The molecular weight excluding hydrogens is 486 g/mol. The van der Waals surface area contributed by atoms with E-state index in [1.807, 2.05) is 38.4 Å². The van der Waals surface area contributed by atoms with Crippen LogP contribution in [-0.4, -0.2) is 55.2 Å². The molecule has 1 aromatic heterocycles. The second-order valence-corrected chi connectivity index (χ2v) is 10.7. The van der Waals surface area contributed by atoms with Gasteiger partial charge in [-0.25, -0.2) is 18.1 Å². The first kappa shape index (κ1) is 24.7. The van der Waals surface area contributed by atoms with Gasteiger partial charge in [-0.05, 0) is 84.8 Å². The topological polar surface area (TPSA) is 112 Å². The molecule has 0 bridgehead atoms. The minimum Gasteiger partial charge on any atom is -0.388 e. The second-order valence-electron chi connectivity index (χ2n) is 8.88. The van der Waals surface area contributed by atoms with Crippen molar-refractivity contribution >= 4 is 38.4 Å². The molecule has 3 aromatic carbocycles. The molecule has 10 heteroatoms. The molecule has 0 saturated carbocycles. The zero-order valence-electron chi connectivity index (χ0n) is 20.8. The van der Waals surface area contributed by atoms with Crippen LogP contribution in [0.2, 0.25) is 0 Å². The van der Waals surface area contributed by atoms with E-state index in [0.29, 0.717) is 30.2 Å². The van der Waals surface area contributed by atoms with Crippen molar-refractivity contribution in [2.24, 2.45) is 0 Å². The number of aryl methyl sites for hydroxylation is 1. The number of aromatic nitrogens is 3. The van der Waals surface area contributed by atoms with E-state index in [-0.39, 0.29) is 4.90 Å². The van der Waals surface area contributed by atoms with Crippen molar-refractivity contribution in [3.05, 3.63) is 78.5 Å². The predicted molar refractivity (Wildman–Crippen MR) is 147 cm³/mol. The summed E-state index contributed by atoms with van der Waals surface area (Å²) in [6, 6.07) is 18.7. The third kappa shape index (κ3) is 5.71. The number of rotatable bonds is 9. The quantitative estimate of drug-likeness (QED) is 0.303. The van der Waals surface area contributed by atoms with Crippen molar-refractivity contribution in [1.82, 2.24) is 24.8 Å². The summed E-state index contributed by atoms with van der Waals surface area (Å²) in [7, 11) is -1.69. The Morgan fingerprint density at radius 3 is 2.57 bits per heavy atom. The van der Waals surface area contributed by atoms with E-state index < -0.39 is 10.0 Å². The second kappa shape index (κ2) is 10.5. The van der Waals surface area contributed by atoms with Gasteiger partial charge in [0.2, 0.25) is 16.0 Å². The van der Waals surface area contributed by atoms with Crippen LogP contribution >= 0.6 is 0 Å². The number of nitrogens with one attached hydrogen (secondary N) is 3. The number of sulfonamides is 1. The molecule has 190 valence electrons. The van der Waals surface area contributed by atoms with Crippen molar-refractivity contribution < 1.29 is 8.42 Å². The highest BCUT2D eigenvalue weighted by Crippen LogP contribution is 2.28. The molecule has 2 heterocycles. The van der Waals surface area contributed by atoms with Gasteiger partial charge in [-0.1, -0.05) is 18.2 Å². The van der Waals surface area contributed by atoms with Crippen LogP contribution in [0.25, 0.3) is 22.2 Å². The van der Waals surface area contributed by atoms with Gasteiger partial charge < -0.3 is 15.5 Å². The Labute approximate surface area is 216 Å². The lowest BCUT2D eigenvalue weighted by Crippen LogP contribution is -2.31. The molecule has 0 saturated heterocycles. The zero-order chi connectivity index (χ0) is 25.8. The lowest BCUT2D eigenvalue weighted by Gasteiger charge is -2.15. The number of hydrogen-bond donors (Lipinski definition) is 3. The van der Waals surface area contributed by atoms with Crippen LogP contribution < -0.4 is 15.4 Å². The van der Waals surface area contributed by atoms with Crippen LogP contribution in [0, 0.1) is 6.92 Å². The number of nitrogens with zero attached hydrogens (tertiary/aromatic N) is 4. The van der Waals surface area contributed by atoms with Gasteiger partial charge >= 0.3 is 0 Å². The first-order valence-corrected chi connectivity index (χ1v) is 13.6. The van der Waals surface area contributed by atoms with Crippen LogP contribution in [-0.2, 0) is 10.0 Å². The molecule has 9 nitrogen and oxygen atoms in total. The molecule has 3 N–H and O–H groups in total. The summed E-state index contributed by atoms with van der Waals surface area (Å²) in [4.78, 5) is 6.95. The van der Waals surface area contributed by atoms with Gasteiger partial charge in [-0.2, -0.15) is 0 Å². The van der Waals surface area contributed by atoms with E-state index >= 15 is 0 Å². The molecule has 1 aliphatic rings. The standard InChI is InChI=1S/C27H29N7O2S/c1-19-16-21(20-6-5-7-23(17-20)28-2)18-25-26(19)31-27(33-32-25)30-22-8-10-24(11-9-22)37(35,36)29-12-15-34-13-3-4-14-34/h3,5-11,13,16-18,28-29H,4,12,14-15H2,1-2H3,(H,30,31,33). The molecule has 0 atom stereocenters. The molecular formula is C27H29N7O2S. The lowest BCUT2D eigenvalue weighted by molar-refractivity contribution is 0.409. The van der Waals surface area contributed by atoms with Crippen molar-refractivity contribution in [2.75, 3.05) is 37.3 Å². The van der Waals surface area contributed by atoms with Gasteiger partial charge in [0, 0.05) is 38.1 Å². The van der Waals surface area contributed by atoms with Crippen molar-refractivity contribution in [2.45, 2.75) is 18.2 Å². The van der Waals surface area contributed by atoms with Gasteiger partial charge in [0.15, 0.2) is 0 Å². The number of fused-ring (bicyclic) bond motifs is 1. The average molecular weight is 516 g/mol. The third-order valence-corrected chi connectivity index (χ3v) is 7.72. The van der Waals surface area contributed by atoms with Crippen molar-refractivity contribution in [3.8, 4) is 11.1 Å². The van der Waals surface area contributed by atoms with E-state index in [2.05, 4.69) is 59.7 Å². The fraction of sp³-hybridized carbons (Fsp3) is 0.222. The largest absolute Gasteiger partial charge is 0.388 e. The third-order valence-electron chi connectivity index (χ3n) is 6.25. The van der Waals surface area contributed by atoms with E-state index in [0.717, 1.165) is 40.9 Å². The fourth-order valence-corrected chi connectivity index (χ4v) is 5.29. The molecule has 0 radical (unpaired) electrons. The molecule has 37 heavy (non-hydrogen) atoms. The molecule has 0 spiro atoms. The minimum atomic E-state index is -3.58. The van der Waals surface area contributed by atoms with Crippen LogP contribution in [0.3, 0.4) is 0 Å². The highest BCUT2D eigenvalue weighted by molar-refractivity contribution is 7.89. The maximum absolute atomic E-state index is 12.6. The molecule has 1 aliphatic heterocycles. The van der Waals surface area contributed by atoms with Crippen LogP contribution in [0.15, 0.2) is 77.8 Å². The van der Waals surface area contributed by atoms with Gasteiger partial charge in [-0.3, -0.25) is 0 Å². The summed E-state index contributed by atoms with van der Waals surface area (Å²) < 4.78 is 27.9. The smallest absolute Gasteiger partial charge is 0.247 e. The first-order chi connectivity index (χ1) is 17.9. The van der Waals surface area contributed by atoms with Crippen LogP contribution in [0.4, 0.5) is 17.3 Å². The Bertz CT molecular complexity index is 1550. The maximum Gasteiger partial charge on any atom is 0.247 e. The monoisotopic (exact) mass is 515 g/mol. The van der Waals surface area contributed by atoms with E-state index in [1.54, 1.807) is 24.3 Å². The lowest BCUT2D eigenvalue weighted by atomic mass is 10.0. The molecule has 5 rings (SSSR count). The summed E-state index contributed by atoms with van der Waals surface area (Å²) in [5.41, 5.74) is 6.26. The molecule has 4 aromatic rings. The van der Waals surface area contributed by atoms with E-state index in [9.17, 15) is 8.42 Å². The minimum absolute atomic E-state index is 0.207. The average Bonchev–Trinajstić information content (AvgIpc) is 3.43. The van der Waals surface area contributed by atoms with Crippen molar-refractivity contribution in [1.29, 1.82) is 0 Å². The SMILES string of the molecule is CNc1cccc(-c2cc(C)c3nc(Nc4ccc(S(=O)(=O)NCCN5C=CCC5)cc4)nnc3c2)c1. The highest BCUT2D eigenvalue weighted by atomic mass is 32.2. The molecule has 0 aliphatic carbocycles. The van der Waals surface area contributed by atoms with E-state index in [4.69, 9.17) is 0 Å². The Hall–Kier alpha value is -4.02. The fourth-order valence-electron chi connectivity index (χ4n) is 4.26. The van der Waals surface area contributed by atoms with Crippen LogP contribution in [0.1, 0.15) is 12.0 Å². The maximum atomic E-state index is 12.6. The van der Waals surface area contributed by atoms with Crippen molar-refractivity contribution in [3.63, 3.8) is 0 Å². The summed E-state index contributed by atoms with van der Waals surface area (Å²) in [6.07, 6.45) is 5.09. The van der Waals surface area contributed by atoms with Gasteiger partial charge in [-0.15, -0.1) is 10.2 Å².